The van der Waals surface area contributed by atoms with Crippen molar-refractivity contribution >= 4 is 14.3 Å². The number of rotatable bonds is 8. The molecular weight excluding hydrogens is 326 g/mol. The van der Waals surface area contributed by atoms with Gasteiger partial charge in [0.05, 0.1) is 19.2 Å². The molecule has 23 heavy (non-hydrogen) atoms. The summed E-state index contributed by atoms with van der Waals surface area (Å²) in [6.07, 6.45) is 9.76. The van der Waals surface area contributed by atoms with Crippen LogP contribution in [-0.4, -0.2) is 65.8 Å². The zero-order valence-corrected chi connectivity index (χ0v) is 17.3. The van der Waals surface area contributed by atoms with Crippen LogP contribution < -0.4 is 0 Å². The highest BCUT2D eigenvalue weighted by molar-refractivity contribution is 7.64. The molecule has 1 saturated carbocycles. The fraction of sp³-hybridized carbons (Fsp3) is 1.00. The maximum atomic E-state index is 13.0. The average Bonchev–Trinajstić information content (AvgIpc) is 2.92. The van der Waals surface area contributed by atoms with E-state index in [9.17, 15) is 9.13 Å². The number of fused-ring (bicyclic) bond motifs is 1. The summed E-state index contributed by atoms with van der Waals surface area (Å²) in [4.78, 5) is 4.96. The summed E-state index contributed by atoms with van der Waals surface area (Å²) in [5.41, 5.74) is 0. The molecule has 0 N–H and O–H groups in total. The van der Waals surface area contributed by atoms with E-state index in [-0.39, 0.29) is 0 Å². The monoisotopic (exact) mass is 362 g/mol. The molecule has 1 saturated heterocycles. The first-order valence-electron chi connectivity index (χ1n) is 9.52. The third kappa shape index (κ3) is 4.51. The lowest BCUT2D eigenvalue weighted by Crippen LogP contribution is -2.40. The highest BCUT2D eigenvalue weighted by atomic mass is 31.2. The van der Waals surface area contributed by atoms with Crippen LogP contribution in [0.3, 0.4) is 0 Å². The first-order chi connectivity index (χ1) is 10.9. The van der Waals surface area contributed by atoms with Crippen molar-refractivity contribution < 1.29 is 9.13 Å². The summed E-state index contributed by atoms with van der Waals surface area (Å²) in [5, 5.41) is 0. The summed E-state index contributed by atoms with van der Waals surface area (Å²) in [7, 11) is -4.11. The molecule has 0 bridgehead atoms. The van der Waals surface area contributed by atoms with Gasteiger partial charge in [-0.3, -0.25) is 9.80 Å². The lowest BCUT2D eigenvalue weighted by atomic mass is 9.91. The molecule has 0 aromatic heterocycles. The zero-order chi connectivity index (χ0) is 17.1. The first kappa shape index (κ1) is 19.7. The fourth-order valence-corrected chi connectivity index (χ4v) is 7.81. The summed E-state index contributed by atoms with van der Waals surface area (Å²) in [6, 6.07) is 1.08. The molecule has 2 fully saturated rings. The minimum Gasteiger partial charge on any atom is -0.322 e. The predicted octanol–water partition coefficient (Wildman–Crippen LogP) is 4.59. The lowest BCUT2D eigenvalue weighted by molar-refractivity contribution is 0.223. The van der Waals surface area contributed by atoms with E-state index < -0.39 is 14.3 Å². The SMILES string of the molecule is CCP(=O)(CC)CN1CN(CP(=O)(CC)CC)[C@H]2CCCCC21. The molecular formula is C17H36N2O2P2. The second-order valence-electron chi connectivity index (χ2n) is 7.40. The van der Waals surface area contributed by atoms with Gasteiger partial charge in [-0.25, -0.2) is 0 Å². The molecule has 1 heterocycles. The van der Waals surface area contributed by atoms with Crippen LogP contribution in [0.5, 0.6) is 0 Å². The van der Waals surface area contributed by atoms with Crippen molar-refractivity contribution in [2.45, 2.75) is 65.5 Å². The van der Waals surface area contributed by atoms with Gasteiger partial charge >= 0.3 is 0 Å². The van der Waals surface area contributed by atoms with Crippen LogP contribution in [0.15, 0.2) is 0 Å². The van der Waals surface area contributed by atoms with Gasteiger partial charge in [-0.15, -0.1) is 0 Å². The third-order valence-electron chi connectivity index (χ3n) is 6.18. The summed E-state index contributed by atoms with van der Waals surface area (Å²) >= 11 is 0. The van der Waals surface area contributed by atoms with Crippen molar-refractivity contribution in [3.05, 3.63) is 0 Å². The predicted molar refractivity (Wildman–Crippen MR) is 102 cm³/mol. The standard InChI is InChI=1S/C17H36N2O2P2/c1-5-22(20,6-2)14-18-13-19(15-23(21,7-3)8-4)17-12-10-9-11-16(17)18/h16-17H,5-15H2,1-4H3/t16-,17?/m0/s1. The smallest absolute Gasteiger partial charge is 0.100 e. The molecule has 2 rings (SSSR count). The summed E-state index contributed by atoms with van der Waals surface area (Å²) in [5.74, 6) is 0. The second kappa shape index (κ2) is 8.17. The van der Waals surface area contributed by atoms with Gasteiger partial charge in [0.1, 0.15) is 14.3 Å². The molecule has 1 aliphatic carbocycles. The molecule has 1 unspecified atom stereocenters. The Balaban J connectivity index is 2.13. The van der Waals surface area contributed by atoms with E-state index in [4.69, 9.17) is 0 Å². The highest BCUT2D eigenvalue weighted by Crippen LogP contribution is 2.50. The van der Waals surface area contributed by atoms with Gasteiger partial charge in [-0.05, 0) is 37.5 Å². The second-order valence-corrected chi connectivity index (χ2v) is 14.7. The quantitative estimate of drug-likeness (QED) is 0.592. The summed E-state index contributed by atoms with van der Waals surface area (Å²) in [6.45, 7) is 9.15. The molecule has 0 amide bonds. The van der Waals surface area contributed by atoms with Crippen molar-refractivity contribution in [1.82, 2.24) is 9.80 Å². The Labute approximate surface area is 143 Å². The molecule has 0 aromatic rings. The van der Waals surface area contributed by atoms with E-state index in [0.29, 0.717) is 12.1 Å². The van der Waals surface area contributed by atoms with Crippen molar-refractivity contribution in [3.63, 3.8) is 0 Å². The van der Waals surface area contributed by atoms with Gasteiger partial charge in [0, 0.05) is 12.1 Å². The van der Waals surface area contributed by atoms with E-state index in [1.54, 1.807) is 0 Å². The van der Waals surface area contributed by atoms with Crippen LogP contribution in [0, 0.1) is 0 Å². The van der Waals surface area contributed by atoms with Crippen LogP contribution in [0.1, 0.15) is 53.4 Å². The van der Waals surface area contributed by atoms with Crippen molar-refractivity contribution in [3.8, 4) is 0 Å². The molecule has 2 atom stereocenters. The summed E-state index contributed by atoms with van der Waals surface area (Å²) < 4.78 is 25.9. The maximum absolute atomic E-state index is 13.0. The van der Waals surface area contributed by atoms with Crippen LogP contribution in [0.4, 0.5) is 0 Å². The number of hydrogen-bond acceptors (Lipinski definition) is 4. The van der Waals surface area contributed by atoms with E-state index in [2.05, 4.69) is 37.5 Å². The molecule has 0 spiro atoms. The van der Waals surface area contributed by atoms with Crippen molar-refractivity contribution in [2.24, 2.45) is 0 Å². The van der Waals surface area contributed by atoms with Gasteiger partial charge in [0.15, 0.2) is 0 Å². The Morgan fingerprint density at radius 3 is 1.39 bits per heavy atom. The third-order valence-corrected chi connectivity index (χ3v) is 12.5. The molecule has 136 valence electrons. The van der Waals surface area contributed by atoms with Crippen LogP contribution in [-0.2, 0) is 9.13 Å². The van der Waals surface area contributed by atoms with Gasteiger partial charge in [-0.1, -0.05) is 40.5 Å². The Morgan fingerprint density at radius 1 is 0.739 bits per heavy atom. The molecule has 4 nitrogen and oxygen atoms in total. The zero-order valence-electron chi connectivity index (χ0n) is 15.5. The lowest BCUT2D eigenvalue weighted by Gasteiger charge is -2.34. The van der Waals surface area contributed by atoms with Gasteiger partial charge in [-0.2, -0.15) is 0 Å². The minimum atomic E-state index is -2.06. The molecule has 1 aliphatic heterocycles. The Hall–Kier alpha value is 0.380. The van der Waals surface area contributed by atoms with E-state index >= 15 is 0 Å². The Kier molecular flexibility index (Phi) is 7.00. The molecule has 2 aliphatic rings. The number of nitrogens with zero attached hydrogens (tertiary/aromatic N) is 2. The Bertz CT molecular complexity index is 425. The largest absolute Gasteiger partial charge is 0.322 e. The highest BCUT2D eigenvalue weighted by Gasteiger charge is 2.44. The molecule has 6 heteroatoms. The fourth-order valence-electron chi connectivity index (χ4n) is 4.20. The maximum Gasteiger partial charge on any atom is 0.100 e. The van der Waals surface area contributed by atoms with E-state index in [1.807, 2.05) is 0 Å². The van der Waals surface area contributed by atoms with Crippen molar-refractivity contribution in [1.29, 1.82) is 0 Å². The first-order valence-corrected chi connectivity index (χ1v) is 14.0. The van der Waals surface area contributed by atoms with Crippen LogP contribution in [0.25, 0.3) is 0 Å². The van der Waals surface area contributed by atoms with Crippen LogP contribution in [0.2, 0.25) is 0 Å². The molecule has 0 radical (unpaired) electrons. The number of hydrogen-bond donors (Lipinski definition) is 0. The topological polar surface area (TPSA) is 40.6 Å². The average molecular weight is 362 g/mol. The minimum absolute atomic E-state index is 0.539. The van der Waals surface area contributed by atoms with Gasteiger partial charge in [0.2, 0.25) is 0 Å². The molecule has 0 aromatic carbocycles. The Morgan fingerprint density at radius 2 is 1.09 bits per heavy atom. The van der Waals surface area contributed by atoms with Gasteiger partial charge in [0.25, 0.3) is 0 Å². The van der Waals surface area contributed by atoms with E-state index in [1.165, 1.54) is 25.7 Å². The normalized spacial score (nSPS) is 27.3. The van der Waals surface area contributed by atoms with Crippen LogP contribution >= 0.6 is 14.3 Å². The van der Waals surface area contributed by atoms with E-state index in [0.717, 1.165) is 43.9 Å². The van der Waals surface area contributed by atoms with Crippen molar-refractivity contribution in [2.75, 3.05) is 43.9 Å². The van der Waals surface area contributed by atoms with Gasteiger partial charge < -0.3 is 9.13 Å².